The summed E-state index contributed by atoms with van der Waals surface area (Å²) in [5.41, 5.74) is 8.32. The molecule has 0 saturated heterocycles. The molecule has 4 aromatic heterocycles. The molecule has 0 aliphatic heterocycles. The van der Waals surface area contributed by atoms with Crippen molar-refractivity contribution in [1.82, 2.24) is 29.1 Å². The molecule has 37 heavy (non-hydrogen) atoms. The van der Waals surface area contributed by atoms with Crippen LogP contribution in [0.15, 0.2) is 59.9 Å². The second kappa shape index (κ2) is 10.4. The molecule has 1 atom stereocenters. The van der Waals surface area contributed by atoms with Gasteiger partial charge >= 0.3 is 0 Å². The average molecular weight is 531 g/mol. The van der Waals surface area contributed by atoms with Crippen molar-refractivity contribution in [3.63, 3.8) is 0 Å². The van der Waals surface area contributed by atoms with E-state index in [9.17, 15) is 10.1 Å². The van der Waals surface area contributed by atoms with E-state index in [4.69, 9.17) is 22.4 Å². The fourth-order valence-corrected chi connectivity index (χ4v) is 5.24. The third-order valence-electron chi connectivity index (χ3n) is 6.14. The Morgan fingerprint density at radius 1 is 1.27 bits per heavy atom. The van der Waals surface area contributed by atoms with Crippen LogP contribution in [0.25, 0.3) is 16.6 Å². The number of nitriles is 1. The molecule has 0 bridgehead atoms. The number of anilines is 1. The topological polar surface area (TPSA) is 108 Å². The summed E-state index contributed by atoms with van der Waals surface area (Å²) >= 11 is 7.45. The van der Waals surface area contributed by atoms with Gasteiger partial charge in [0.05, 0.1) is 22.5 Å². The Labute approximate surface area is 221 Å². The second-order valence-electron chi connectivity index (χ2n) is 8.50. The quantitative estimate of drug-likeness (QED) is 0.313. The van der Waals surface area contributed by atoms with Gasteiger partial charge in [-0.2, -0.15) is 10.4 Å². The molecule has 0 radical (unpaired) electrons. The molecule has 0 spiro atoms. The lowest BCUT2D eigenvalue weighted by molar-refractivity contribution is 0.612. The SMILES string of the molecule is C#SC(CN(CCC)c1ncnc2[nH]cc(C#N)c12)c1nn2ccc(Cl)c2c(=O)n1Cc1ccccc1. The Balaban J connectivity index is 1.63. The van der Waals surface area contributed by atoms with E-state index in [0.717, 1.165) is 23.2 Å². The number of hydrogen-bond acceptors (Lipinski definition) is 6. The average Bonchev–Trinajstić information content (AvgIpc) is 3.52. The zero-order chi connectivity index (χ0) is 25.9. The van der Waals surface area contributed by atoms with Crippen LogP contribution in [0.5, 0.6) is 0 Å². The van der Waals surface area contributed by atoms with Crippen LogP contribution in [0.4, 0.5) is 5.82 Å². The number of nitrogens with zero attached hydrogens (tertiary/aromatic N) is 7. The van der Waals surface area contributed by atoms with E-state index in [-0.39, 0.29) is 5.56 Å². The molecule has 0 saturated carbocycles. The van der Waals surface area contributed by atoms with Crippen LogP contribution in [0.3, 0.4) is 0 Å². The first-order valence-electron chi connectivity index (χ1n) is 11.7. The lowest BCUT2D eigenvalue weighted by Gasteiger charge is -2.27. The predicted octanol–water partition coefficient (Wildman–Crippen LogP) is 4.62. The van der Waals surface area contributed by atoms with E-state index in [2.05, 4.69) is 32.8 Å². The van der Waals surface area contributed by atoms with Crippen molar-refractivity contribution in [2.75, 3.05) is 18.0 Å². The second-order valence-corrected chi connectivity index (χ2v) is 9.75. The zero-order valence-electron chi connectivity index (χ0n) is 20.0. The minimum atomic E-state index is -0.400. The smallest absolute Gasteiger partial charge is 0.279 e. The van der Waals surface area contributed by atoms with Gasteiger partial charge in [-0.05, 0) is 18.1 Å². The van der Waals surface area contributed by atoms with Gasteiger partial charge in [-0.25, -0.2) is 14.5 Å². The molecule has 186 valence electrons. The highest BCUT2D eigenvalue weighted by Crippen LogP contribution is 2.30. The Morgan fingerprint density at radius 3 is 2.81 bits per heavy atom. The van der Waals surface area contributed by atoms with Gasteiger partial charge in [0.1, 0.15) is 34.6 Å². The van der Waals surface area contributed by atoms with E-state index >= 15 is 0 Å². The fourth-order valence-electron chi connectivity index (χ4n) is 4.45. The fraction of sp³-hybridized carbons (Fsp3) is 0.231. The maximum atomic E-state index is 13.7. The van der Waals surface area contributed by atoms with Gasteiger partial charge in [-0.1, -0.05) is 48.9 Å². The number of rotatable bonds is 8. The highest BCUT2D eigenvalue weighted by molar-refractivity contribution is 7.88. The molecule has 1 unspecified atom stereocenters. The van der Waals surface area contributed by atoms with Crippen molar-refractivity contribution in [2.24, 2.45) is 0 Å². The minimum absolute atomic E-state index is 0.244. The van der Waals surface area contributed by atoms with Crippen LogP contribution in [0, 0.1) is 17.0 Å². The van der Waals surface area contributed by atoms with Gasteiger partial charge in [0.25, 0.3) is 5.56 Å². The van der Waals surface area contributed by atoms with E-state index < -0.39 is 5.25 Å². The van der Waals surface area contributed by atoms with Crippen LogP contribution >= 0.6 is 22.8 Å². The van der Waals surface area contributed by atoms with Crippen LogP contribution in [-0.2, 0) is 6.54 Å². The highest BCUT2D eigenvalue weighted by Gasteiger charge is 2.25. The molecular weight excluding hydrogens is 508 g/mol. The number of aromatic amines is 1. The molecule has 9 nitrogen and oxygen atoms in total. The number of aromatic nitrogens is 6. The lowest BCUT2D eigenvalue weighted by Crippen LogP contribution is -2.34. The first-order valence-corrected chi connectivity index (χ1v) is 13.0. The zero-order valence-corrected chi connectivity index (χ0v) is 21.6. The third kappa shape index (κ3) is 4.56. The summed E-state index contributed by atoms with van der Waals surface area (Å²) in [6, 6.07) is 13.6. The standard InChI is InChI=1S/C26H23ClN8OS/c1-3-10-33(25-21-18(12-28)13-29-23(21)30-16-31-25)15-20(37-2)24-32-35-11-9-19(27)22(35)26(36)34(24)14-17-7-5-4-6-8-17/h2,4-9,11,13,16,20H,3,10,14-15H2,1H3,(H,29,30,31). The first-order chi connectivity index (χ1) is 18.0. The molecule has 0 amide bonds. The summed E-state index contributed by atoms with van der Waals surface area (Å²) in [6.45, 7) is 3.44. The molecule has 5 aromatic rings. The van der Waals surface area contributed by atoms with E-state index in [0.29, 0.717) is 58.4 Å². The van der Waals surface area contributed by atoms with Crippen LogP contribution in [0.2, 0.25) is 5.02 Å². The van der Waals surface area contributed by atoms with Crippen molar-refractivity contribution in [3.05, 3.63) is 87.4 Å². The predicted molar refractivity (Wildman–Crippen MR) is 146 cm³/mol. The van der Waals surface area contributed by atoms with E-state index in [1.54, 1.807) is 23.0 Å². The van der Waals surface area contributed by atoms with Gasteiger partial charge in [-0.3, -0.25) is 9.36 Å². The van der Waals surface area contributed by atoms with Crippen LogP contribution in [-0.4, -0.2) is 42.2 Å². The summed E-state index contributed by atoms with van der Waals surface area (Å²) in [4.78, 5) is 27.6. The monoisotopic (exact) mass is 530 g/mol. The Bertz CT molecular complexity index is 1730. The lowest BCUT2D eigenvalue weighted by atomic mass is 10.2. The molecule has 0 aliphatic carbocycles. The van der Waals surface area contributed by atoms with Gasteiger partial charge < -0.3 is 9.88 Å². The van der Waals surface area contributed by atoms with E-state index in [1.807, 2.05) is 30.3 Å². The Morgan fingerprint density at radius 2 is 2.08 bits per heavy atom. The van der Waals surface area contributed by atoms with Gasteiger partial charge in [0.2, 0.25) is 0 Å². The molecule has 1 N–H and O–H groups in total. The molecule has 4 heterocycles. The van der Waals surface area contributed by atoms with Crippen molar-refractivity contribution in [1.29, 1.82) is 5.26 Å². The van der Waals surface area contributed by atoms with Crippen molar-refractivity contribution in [2.45, 2.75) is 25.1 Å². The maximum absolute atomic E-state index is 13.7. The first kappa shape index (κ1) is 24.5. The number of halogens is 1. The minimum Gasteiger partial charge on any atom is -0.354 e. The summed E-state index contributed by atoms with van der Waals surface area (Å²) in [6.07, 6.45) is 5.60. The number of fused-ring (bicyclic) bond motifs is 2. The normalized spacial score (nSPS) is 12.0. The summed E-state index contributed by atoms with van der Waals surface area (Å²) < 4.78 is 3.15. The third-order valence-corrected chi connectivity index (χ3v) is 7.13. The number of nitrogens with one attached hydrogen (secondary N) is 1. The molecule has 0 aliphatic rings. The molecule has 1 aromatic carbocycles. The van der Waals surface area contributed by atoms with Crippen molar-refractivity contribution in [3.8, 4) is 11.8 Å². The molecule has 5 rings (SSSR count). The van der Waals surface area contributed by atoms with Gasteiger partial charge in [-0.15, -0.1) is 16.9 Å². The summed E-state index contributed by atoms with van der Waals surface area (Å²) in [7, 11) is 0. The molecule has 0 fully saturated rings. The number of hydrogen-bond donors (Lipinski definition) is 1. The Hall–Kier alpha value is -4.16. The maximum Gasteiger partial charge on any atom is 0.279 e. The van der Waals surface area contributed by atoms with Crippen LogP contribution < -0.4 is 10.5 Å². The van der Waals surface area contributed by atoms with Crippen molar-refractivity contribution >= 4 is 45.1 Å². The van der Waals surface area contributed by atoms with Gasteiger partial charge in [0, 0.05) is 25.5 Å². The largest absolute Gasteiger partial charge is 0.354 e. The molecular formula is C26H23ClN8OS. The van der Waals surface area contributed by atoms with Gasteiger partial charge in [0.15, 0.2) is 5.82 Å². The van der Waals surface area contributed by atoms with Crippen molar-refractivity contribution < 1.29 is 0 Å². The van der Waals surface area contributed by atoms with Crippen LogP contribution in [0.1, 0.15) is 35.5 Å². The number of H-pyrrole nitrogens is 1. The molecule has 11 heteroatoms. The highest BCUT2D eigenvalue weighted by atomic mass is 35.5. The summed E-state index contributed by atoms with van der Waals surface area (Å²) in [5, 5.41) is 15.0. The van der Waals surface area contributed by atoms with E-state index in [1.165, 1.54) is 10.8 Å². The summed E-state index contributed by atoms with van der Waals surface area (Å²) in [5.74, 6) is 1.15. The number of benzene rings is 1. The Kier molecular flexibility index (Phi) is 6.93.